The summed E-state index contributed by atoms with van der Waals surface area (Å²) in [4.78, 5) is 17.8. The maximum absolute atomic E-state index is 13.0. The molecule has 1 unspecified atom stereocenters. The molecule has 166 valence electrons. The summed E-state index contributed by atoms with van der Waals surface area (Å²) in [6.45, 7) is 6.30. The molecule has 0 saturated carbocycles. The van der Waals surface area contributed by atoms with E-state index >= 15 is 0 Å². The van der Waals surface area contributed by atoms with Crippen molar-refractivity contribution >= 4 is 29.1 Å². The third-order valence-electron chi connectivity index (χ3n) is 5.70. The van der Waals surface area contributed by atoms with Crippen LogP contribution in [0.1, 0.15) is 54.8 Å². The Bertz CT molecular complexity index is 1300. The van der Waals surface area contributed by atoms with Gasteiger partial charge in [0.15, 0.2) is 0 Å². The number of hydrazone groups is 1. The van der Waals surface area contributed by atoms with Gasteiger partial charge in [-0.15, -0.1) is 0 Å². The van der Waals surface area contributed by atoms with Crippen molar-refractivity contribution in [1.82, 2.24) is 10.4 Å². The minimum absolute atomic E-state index is 0.284. The van der Waals surface area contributed by atoms with Gasteiger partial charge < -0.3 is 4.42 Å². The molecule has 1 N–H and O–H groups in total. The van der Waals surface area contributed by atoms with Crippen molar-refractivity contribution in [2.75, 3.05) is 0 Å². The van der Waals surface area contributed by atoms with Gasteiger partial charge in [-0.1, -0.05) is 56.3 Å². The van der Waals surface area contributed by atoms with E-state index < -0.39 is 0 Å². The molecule has 4 rings (SSSR count). The summed E-state index contributed by atoms with van der Waals surface area (Å²) in [5, 5.41) is 4.91. The Labute approximate surface area is 193 Å². The molecule has 0 radical (unpaired) electrons. The lowest BCUT2D eigenvalue weighted by atomic mass is 9.96. The van der Waals surface area contributed by atoms with E-state index in [0.717, 1.165) is 39.9 Å². The number of pyridine rings is 1. The average molecular weight is 438 g/mol. The highest BCUT2D eigenvalue weighted by atomic mass is 16.3. The third-order valence-corrected chi connectivity index (χ3v) is 5.70. The van der Waals surface area contributed by atoms with Crippen LogP contribution in [0, 0.1) is 0 Å². The van der Waals surface area contributed by atoms with Crippen LogP contribution in [-0.4, -0.2) is 17.1 Å². The van der Waals surface area contributed by atoms with Gasteiger partial charge in [-0.05, 0) is 60.7 Å². The zero-order valence-corrected chi connectivity index (χ0v) is 19.1. The number of hydrogen-bond acceptors (Lipinski definition) is 4. The van der Waals surface area contributed by atoms with Gasteiger partial charge in [0, 0.05) is 10.9 Å². The molecule has 2 heterocycles. The number of furan rings is 1. The lowest BCUT2D eigenvalue weighted by molar-refractivity contribution is 0.0956. The van der Waals surface area contributed by atoms with Crippen LogP contribution in [0.15, 0.2) is 88.1 Å². The number of carbonyl (C=O) groups is 1. The highest BCUT2D eigenvalue weighted by molar-refractivity contribution is 6.07. The molecule has 0 spiro atoms. The minimum Gasteiger partial charge on any atom is -0.465 e. The lowest BCUT2D eigenvalue weighted by Crippen LogP contribution is -2.18. The number of para-hydroxylation sites is 1. The van der Waals surface area contributed by atoms with Crippen molar-refractivity contribution in [3.8, 4) is 11.3 Å². The molecule has 1 atom stereocenters. The molecule has 0 aliphatic rings. The molecule has 2 aromatic heterocycles. The number of amides is 1. The first-order valence-corrected chi connectivity index (χ1v) is 11.1. The van der Waals surface area contributed by atoms with E-state index in [4.69, 9.17) is 9.40 Å². The van der Waals surface area contributed by atoms with Crippen LogP contribution in [0.4, 0.5) is 0 Å². The molecule has 0 fully saturated rings. The second-order valence-electron chi connectivity index (χ2n) is 8.11. The summed E-state index contributed by atoms with van der Waals surface area (Å²) in [7, 11) is 0. The minimum atomic E-state index is -0.284. The summed E-state index contributed by atoms with van der Waals surface area (Å²) < 4.78 is 5.30. The van der Waals surface area contributed by atoms with E-state index in [1.54, 1.807) is 12.5 Å². The summed E-state index contributed by atoms with van der Waals surface area (Å²) in [6.07, 6.45) is 6.15. The number of carbonyl (C=O) groups excluding carboxylic acids is 1. The number of aromatic nitrogens is 1. The van der Waals surface area contributed by atoms with Gasteiger partial charge in [-0.3, -0.25) is 4.79 Å². The van der Waals surface area contributed by atoms with Gasteiger partial charge in [-0.25, -0.2) is 10.4 Å². The van der Waals surface area contributed by atoms with Crippen molar-refractivity contribution in [2.24, 2.45) is 5.10 Å². The highest BCUT2D eigenvalue weighted by Crippen LogP contribution is 2.27. The van der Waals surface area contributed by atoms with E-state index in [1.807, 2.05) is 55.5 Å². The largest absolute Gasteiger partial charge is 0.465 e. The van der Waals surface area contributed by atoms with Crippen molar-refractivity contribution in [3.05, 3.63) is 95.5 Å². The van der Waals surface area contributed by atoms with Gasteiger partial charge in [0.05, 0.1) is 29.3 Å². The average Bonchev–Trinajstić information content (AvgIpc) is 3.35. The lowest BCUT2D eigenvalue weighted by Gasteiger charge is -2.11. The van der Waals surface area contributed by atoms with Crippen LogP contribution in [0.3, 0.4) is 0 Å². The Morgan fingerprint density at radius 3 is 2.64 bits per heavy atom. The quantitative estimate of drug-likeness (QED) is 0.255. The summed E-state index contributed by atoms with van der Waals surface area (Å²) in [5.41, 5.74) is 7.83. The van der Waals surface area contributed by atoms with Crippen molar-refractivity contribution in [3.63, 3.8) is 0 Å². The monoisotopic (exact) mass is 437 g/mol. The smallest absolute Gasteiger partial charge is 0.272 e. The van der Waals surface area contributed by atoms with Crippen LogP contribution in [0.2, 0.25) is 0 Å². The second-order valence-corrected chi connectivity index (χ2v) is 8.11. The molecule has 0 bridgehead atoms. The molecule has 4 aromatic rings. The summed E-state index contributed by atoms with van der Waals surface area (Å²) >= 11 is 0. The number of hydrogen-bond donors (Lipinski definition) is 1. The highest BCUT2D eigenvalue weighted by Gasteiger charge is 2.14. The zero-order valence-electron chi connectivity index (χ0n) is 19.1. The molecule has 5 heteroatoms. The number of nitrogens with zero attached hydrogens (tertiary/aromatic N) is 2. The first-order chi connectivity index (χ1) is 16.0. The third kappa shape index (κ3) is 5.26. The van der Waals surface area contributed by atoms with Gasteiger partial charge >= 0.3 is 0 Å². The number of benzene rings is 2. The predicted octanol–water partition coefficient (Wildman–Crippen LogP) is 6.83. The number of rotatable bonds is 7. The Balaban J connectivity index is 1.61. The Kier molecular flexibility index (Phi) is 6.79. The van der Waals surface area contributed by atoms with Crippen LogP contribution < -0.4 is 5.43 Å². The Morgan fingerprint density at radius 1 is 1.12 bits per heavy atom. The maximum Gasteiger partial charge on any atom is 0.272 e. The fourth-order valence-electron chi connectivity index (χ4n) is 3.62. The Hall–Kier alpha value is -3.99. The first-order valence-electron chi connectivity index (χ1n) is 11.1. The van der Waals surface area contributed by atoms with Gasteiger partial charge in [0.25, 0.3) is 5.91 Å². The van der Waals surface area contributed by atoms with E-state index in [0.29, 0.717) is 11.5 Å². The number of fused-ring (bicyclic) bond motifs is 1. The molecule has 0 aliphatic carbocycles. The standard InChI is InChI=1S/C28H27N3O2/c1-4-20(3)21-11-13-22(14-12-21)27-17-25(24-9-5-6-10-26(24)30-27)28(32)31-29-18-19(2)16-23-8-7-15-33-23/h5-18,20H,4H2,1-3H3,(H,31,32)/b19-16+,29-18+. The predicted molar refractivity (Wildman–Crippen MR) is 134 cm³/mol. The molecule has 1 amide bonds. The molecular weight excluding hydrogens is 410 g/mol. The normalized spacial score (nSPS) is 12.9. The zero-order chi connectivity index (χ0) is 23.2. The van der Waals surface area contributed by atoms with E-state index in [2.05, 4.69) is 48.6 Å². The van der Waals surface area contributed by atoms with E-state index in [-0.39, 0.29) is 5.91 Å². The fraction of sp³-hybridized carbons (Fsp3) is 0.179. The first kappa shape index (κ1) is 22.2. The van der Waals surface area contributed by atoms with Gasteiger partial charge in [0.1, 0.15) is 5.76 Å². The van der Waals surface area contributed by atoms with Gasteiger partial charge in [0.2, 0.25) is 0 Å². The van der Waals surface area contributed by atoms with Crippen LogP contribution in [0.25, 0.3) is 28.2 Å². The molecule has 5 nitrogen and oxygen atoms in total. The van der Waals surface area contributed by atoms with Crippen LogP contribution in [0.5, 0.6) is 0 Å². The molecule has 0 aliphatic heterocycles. The van der Waals surface area contributed by atoms with E-state index in [1.165, 1.54) is 5.56 Å². The Morgan fingerprint density at radius 2 is 1.91 bits per heavy atom. The molecular formula is C28H27N3O2. The molecule has 0 saturated heterocycles. The van der Waals surface area contributed by atoms with E-state index in [9.17, 15) is 4.79 Å². The van der Waals surface area contributed by atoms with Gasteiger partial charge in [-0.2, -0.15) is 5.10 Å². The summed E-state index contributed by atoms with van der Waals surface area (Å²) in [6, 6.07) is 21.6. The van der Waals surface area contributed by atoms with Crippen molar-refractivity contribution in [1.29, 1.82) is 0 Å². The van der Waals surface area contributed by atoms with Crippen LogP contribution in [-0.2, 0) is 0 Å². The molecule has 33 heavy (non-hydrogen) atoms. The second kappa shape index (κ2) is 10.1. The number of nitrogens with one attached hydrogen (secondary N) is 1. The summed E-state index contributed by atoms with van der Waals surface area (Å²) in [5.74, 6) is 0.954. The maximum atomic E-state index is 13.0. The van der Waals surface area contributed by atoms with Crippen molar-refractivity contribution in [2.45, 2.75) is 33.1 Å². The fourth-order valence-corrected chi connectivity index (χ4v) is 3.62. The number of allylic oxidation sites excluding steroid dienone is 1. The van der Waals surface area contributed by atoms with Crippen molar-refractivity contribution < 1.29 is 9.21 Å². The molecule has 2 aromatic carbocycles. The topological polar surface area (TPSA) is 67.5 Å². The van der Waals surface area contributed by atoms with Crippen LogP contribution >= 0.6 is 0 Å². The SMILES string of the molecule is CCC(C)c1ccc(-c2cc(C(=O)N/N=C/C(C)=C/c3ccco3)c3ccccc3n2)cc1.